The van der Waals surface area contributed by atoms with Crippen molar-refractivity contribution in [3.63, 3.8) is 0 Å². The molecule has 0 amide bonds. The molecule has 1 N–H and O–H groups in total. The molecule has 3 atom stereocenters. The second-order valence-corrected chi connectivity index (χ2v) is 4.45. The van der Waals surface area contributed by atoms with Crippen molar-refractivity contribution in [3.05, 3.63) is 23.8 Å². The molecule has 3 unspecified atom stereocenters. The van der Waals surface area contributed by atoms with Crippen LogP contribution >= 0.6 is 0 Å². The summed E-state index contributed by atoms with van der Waals surface area (Å²) in [5.41, 5.74) is 2.61. The van der Waals surface area contributed by atoms with Crippen LogP contribution in [0.4, 0.5) is 0 Å². The third-order valence-electron chi connectivity index (χ3n) is 3.54. The minimum atomic E-state index is -0.428. The van der Waals surface area contributed by atoms with Gasteiger partial charge >= 0.3 is 0 Å². The van der Waals surface area contributed by atoms with Gasteiger partial charge in [0.05, 0.1) is 6.10 Å². The third kappa shape index (κ3) is 2.09. The zero-order chi connectivity index (χ0) is 10.7. The minimum absolute atomic E-state index is 0.428. The van der Waals surface area contributed by atoms with Gasteiger partial charge < -0.3 is 5.11 Å². The largest absolute Gasteiger partial charge is 0.385 e. The van der Waals surface area contributed by atoms with E-state index in [1.807, 2.05) is 0 Å². The van der Waals surface area contributed by atoms with Gasteiger partial charge in [-0.1, -0.05) is 25.5 Å². The van der Waals surface area contributed by atoms with Crippen LogP contribution < -0.4 is 0 Å². The van der Waals surface area contributed by atoms with E-state index in [0.29, 0.717) is 11.8 Å². The van der Waals surface area contributed by atoms with Gasteiger partial charge in [-0.2, -0.15) is 0 Å². The highest BCUT2D eigenvalue weighted by molar-refractivity contribution is 5.26. The fourth-order valence-corrected chi connectivity index (χ4v) is 2.63. The van der Waals surface area contributed by atoms with Crippen LogP contribution in [0.5, 0.6) is 0 Å². The molecule has 0 fully saturated rings. The van der Waals surface area contributed by atoms with Gasteiger partial charge in [-0.25, -0.2) is 0 Å². The molecule has 0 aromatic carbocycles. The number of hydrogen-bond donors (Lipinski definition) is 1. The first-order valence-corrected chi connectivity index (χ1v) is 5.61. The van der Waals surface area contributed by atoms with E-state index in [0.717, 1.165) is 12.8 Å². The fraction of sp³-hybridized carbons (Fsp3) is 0.692. The first-order valence-electron chi connectivity index (χ1n) is 5.61. The molecule has 1 heteroatoms. The monoisotopic (exact) mass is 194 g/mol. The molecule has 0 spiro atoms. The van der Waals surface area contributed by atoms with Crippen LogP contribution in [0.25, 0.3) is 0 Å². The molecule has 1 aliphatic carbocycles. The molecule has 0 saturated carbocycles. The van der Waals surface area contributed by atoms with E-state index < -0.39 is 6.10 Å². The Kier molecular flexibility index (Phi) is 3.94. The summed E-state index contributed by atoms with van der Waals surface area (Å²) in [5.74, 6) is 1.25. The van der Waals surface area contributed by atoms with Gasteiger partial charge in [0.1, 0.15) is 0 Å². The van der Waals surface area contributed by atoms with Gasteiger partial charge in [0, 0.05) is 0 Å². The quantitative estimate of drug-likeness (QED) is 0.683. The maximum absolute atomic E-state index is 9.90. The van der Waals surface area contributed by atoms with Crippen molar-refractivity contribution in [3.8, 4) is 0 Å². The van der Waals surface area contributed by atoms with Crippen LogP contribution in [0.3, 0.4) is 0 Å². The SMILES string of the molecule is C=CC(O)C1=C(C)CCC(C)C1CC. The zero-order valence-electron chi connectivity index (χ0n) is 9.59. The standard InChI is InChI=1S/C13H22O/c1-5-11-9(3)7-8-10(4)13(11)12(14)6-2/h6,9,11-12,14H,2,5,7-8H2,1,3-4H3. The first kappa shape index (κ1) is 11.5. The second-order valence-electron chi connectivity index (χ2n) is 4.45. The summed E-state index contributed by atoms with van der Waals surface area (Å²) in [6.07, 6.45) is 4.75. The molecule has 14 heavy (non-hydrogen) atoms. The van der Waals surface area contributed by atoms with Gasteiger partial charge in [0.25, 0.3) is 0 Å². The van der Waals surface area contributed by atoms with Gasteiger partial charge in [-0.3, -0.25) is 0 Å². The van der Waals surface area contributed by atoms with Crippen LogP contribution in [-0.4, -0.2) is 11.2 Å². The van der Waals surface area contributed by atoms with E-state index in [1.165, 1.54) is 17.6 Å². The lowest BCUT2D eigenvalue weighted by Gasteiger charge is -2.34. The summed E-state index contributed by atoms with van der Waals surface area (Å²) in [6.45, 7) is 10.3. The minimum Gasteiger partial charge on any atom is -0.385 e. The summed E-state index contributed by atoms with van der Waals surface area (Å²) in [4.78, 5) is 0. The lowest BCUT2D eigenvalue weighted by Crippen LogP contribution is -2.26. The number of aliphatic hydroxyl groups excluding tert-OH is 1. The lowest BCUT2D eigenvalue weighted by molar-refractivity contribution is 0.214. The molecule has 0 bridgehead atoms. The normalized spacial score (nSPS) is 30.3. The smallest absolute Gasteiger partial charge is 0.0934 e. The molecular formula is C13H22O. The van der Waals surface area contributed by atoms with Crippen molar-refractivity contribution in [1.29, 1.82) is 0 Å². The summed E-state index contributed by atoms with van der Waals surface area (Å²) in [7, 11) is 0. The van der Waals surface area contributed by atoms with Crippen molar-refractivity contribution in [2.45, 2.75) is 46.1 Å². The Balaban J connectivity index is 2.98. The topological polar surface area (TPSA) is 20.2 Å². The molecule has 1 rings (SSSR count). The summed E-state index contributed by atoms with van der Waals surface area (Å²) < 4.78 is 0. The first-order chi connectivity index (χ1) is 6.61. The molecule has 0 aromatic rings. The van der Waals surface area contributed by atoms with E-state index >= 15 is 0 Å². The van der Waals surface area contributed by atoms with E-state index in [9.17, 15) is 5.11 Å². The van der Waals surface area contributed by atoms with Gasteiger partial charge in [0.15, 0.2) is 0 Å². The fourth-order valence-electron chi connectivity index (χ4n) is 2.63. The van der Waals surface area contributed by atoms with Crippen molar-refractivity contribution in [1.82, 2.24) is 0 Å². The Labute approximate surface area is 87.5 Å². The molecule has 0 heterocycles. The van der Waals surface area contributed by atoms with Crippen molar-refractivity contribution in [2.75, 3.05) is 0 Å². The molecule has 80 valence electrons. The van der Waals surface area contributed by atoms with Crippen molar-refractivity contribution in [2.24, 2.45) is 11.8 Å². The van der Waals surface area contributed by atoms with Gasteiger partial charge in [-0.05, 0) is 43.6 Å². The third-order valence-corrected chi connectivity index (χ3v) is 3.54. The van der Waals surface area contributed by atoms with Crippen LogP contribution in [-0.2, 0) is 0 Å². The van der Waals surface area contributed by atoms with Crippen molar-refractivity contribution >= 4 is 0 Å². The summed E-state index contributed by atoms with van der Waals surface area (Å²) in [5, 5.41) is 9.90. The summed E-state index contributed by atoms with van der Waals surface area (Å²) in [6, 6.07) is 0. The molecule has 1 aliphatic rings. The molecule has 0 saturated heterocycles. The predicted molar refractivity (Wildman–Crippen MR) is 61.1 cm³/mol. The number of aliphatic hydroxyl groups is 1. The highest BCUT2D eigenvalue weighted by Gasteiger charge is 2.28. The summed E-state index contributed by atoms with van der Waals surface area (Å²) >= 11 is 0. The Hall–Kier alpha value is -0.560. The average Bonchev–Trinajstić information content (AvgIpc) is 2.19. The lowest BCUT2D eigenvalue weighted by atomic mass is 9.73. The number of allylic oxidation sites excluding steroid dienone is 1. The number of hydrogen-bond acceptors (Lipinski definition) is 1. The molecule has 0 aliphatic heterocycles. The average molecular weight is 194 g/mol. The van der Waals surface area contributed by atoms with Crippen molar-refractivity contribution < 1.29 is 5.11 Å². The predicted octanol–water partition coefficient (Wildman–Crippen LogP) is 3.31. The van der Waals surface area contributed by atoms with E-state index in [2.05, 4.69) is 27.4 Å². The van der Waals surface area contributed by atoms with Gasteiger partial charge in [-0.15, -0.1) is 6.58 Å². The van der Waals surface area contributed by atoms with E-state index in [4.69, 9.17) is 0 Å². The van der Waals surface area contributed by atoms with Crippen LogP contribution in [0.2, 0.25) is 0 Å². The molecular weight excluding hydrogens is 172 g/mol. The van der Waals surface area contributed by atoms with Gasteiger partial charge in [0.2, 0.25) is 0 Å². The molecule has 0 aromatic heterocycles. The number of rotatable bonds is 3. The second kappa shape index (κ2) is 4.79. The zero-order valence-corrected chi connectivity index (χ0v) is 9.59. The molecule has 0 radical (unpaired) electrons. The van der Waals surface area contributed by atoms with E-state index in [1.54, 1.807) is 6.08 Å². The van der Waals surface area contributed by atoms with Crippen LogP contribution in [0.1, 0.15) is 40.0 Å². The molecule has 1 nitrogen and oxygen atoms in total. The van der Waals surface area contributed by atoms with Crippen LogP contribution in [0, 0.1) is 11.8 Å². The Morgan fingerprint density at radius 2 is 2.29 bits per heavy atom. The maximum Gasteiger partial charge on any atom is 0.0934 e. The van der Waals surface area contributed by atoms with Crippen LogP contribution in [0.15, 0.2) is 23.8 Å². The Morgan fingerprint density at radius 1 is 1.64 bits per heavy atom. The highest BCUT2D eigenvalue weighted by Crippen LogP contribution is 2.38. The maximum atomic E-state index is 9.90. The van der Waals surface area contributed by atoms with E-state index in [-0.39, 0.29) is 0 Å². The Bertz CT molecular complexity index is 240. The highest BCUT2D eigenvalue weighted by atomic mass is 16.3. The Morgan fingerprint density at radius 3 is 2.79 bits per heavy atom.